The van der Waals surface area contributed by atoms with Crippen molar-refractivity contribution in [3.63, 3.8) is 0 Å². The summed E-state index contributed by atoms with van der Waals surface area (Å²) in [6.07, 6.45) is 3.33. The summed E-state index contributed by atoms with van der Waals surface area (Å²) in [4.78, 5) is 20.3. The summed E-state index contributed by atoms with van der Waals surface area (Å²) < 4.78 is 33.6. The van der Waals surface area contributed by atoms with Gasteiger partial charge < -0.3 is 35.5 Å². The van der Waals surface area contributed by atoms with Gasteiger partial charge in [-0.05, 0) is 58.4 Å². The quantitative estimate of drug-likeness (QED) is 0.156. The number of para-hydroxylation sites is 1. The molecule has 0 spiro atoms. The highest BCUT2D eigenvalue weighted by Gasteiger charge is 2.32. The first kappa shape index (κ1) is 30.4. The minimum Gasteiger partial charge on any atom is -0.494 e. The molecule has 43 heavy (non-hydrogen) atoms. The molecule has 5 rings (SSSR count). The molecule has 2 aromatic carbocycles. The average molecular weight is 629 g/mol. The number of sulfone groups is 1. The zero-order valence-electron chi connectivity index (χ0n) is 24.0. The van der Waals surface area contributed by atoms with Crippen LogP contribution in [0, 0.1) is 0 Å². The van der Waals surface area contributed by atoms with E-state index in [1.54, 1.807) is 54.9 Å². The summed E-state index contributed by atoms with van der Waals surface area (Å²) in [6.45, 7) is 7.40. The number of aromatic hydroxyl groups is 1. The molecule has 14 heteroatoms. The lowest BCUT2D eigenvalue weighted by Crippen LogP contribution is -2.29. The molecule has 0 radical (unpaired) electrons. The van der Waals surface area contributed by atoms with Crippen molar-refractivity contribution in [2.75, 3.05) is 17.2 Å². The maximum Gasteiger partial charge on any atom is 0.320 e. The van der Waals surface area contributed by atoms with Crippen molar-refractivity contribution in [1.82, 2.24) is 19.9 Å². The van der Waals surface area contributed by atoms with Crippen LogP contribution in [0.1, 0.15) is 40.2 Å². The molecule has 0 unspecified atom stereocenters. The van der Waals surface area contributed by atoms with Gasteiger partial charge in [-0.1, -0.05) is 23.7 Å². The van der Waals surface area contributed by atoms with Crippen LogP contribution in [-0.4, -0.2) is 63.1 Å². The second kappa shape index (κ2) is 11.9. The summed E-state index contributed by atoms with van der Waals surface area (Å²) >= 11 is 6.40. The second-order valence-electron chi connectivity index (χ2n) is 10.9. The second-order valence-corrected chi connectivity index (χ2v) is 13.8. The molecule has 0 saturated carbocycles. The summed E-state index contributed by atoms with van der Waals surface area (Å²) in [5, 5.41) is 30.4. The number of ether oxygens (including phenoxy) is 1. The molecule has 1 aliphatic heterocycles. The molecule has 0 bridgehead atoms. The molecule has 1 fully saturated rings. The van der Waals surface area contributed by atoms with Gasteiger partial charge in [-0.2, -0.15) is 4.98 Å². The Balaban J connectivity index is 1.49. The number of hydrogen-bond acceptors (Lipinski definition) is 10. The van der Waals surface area contributed by atoms with Gasteiger partial charge in [0, 0.05) is 23.5 Å². The van der Waals surface area contributed by atoms with Gasteiger partial charge in [0.05, 0.1) is 39.9 Å². The van der Waals surface area contributed by atoms with Gasteiger partial charge in [-0.3, -0.25) is 4.79 Å². The minimum atomic E-state index is -3.59. The molecule has 2 atom stereocenters. The number of hydrogen-bond donors (Lipinski definition) is 5. The maximum atomic E-state index is 12.9. The van der Waals surface area contributed by atoms with Crippen molar-refractivity contribution < 1.29 is 28.2 Å². The molecule has 1 saturated heterocycles. The van der Waals surface area contributed by atoms with Crippen molar-refractivity contribution in [3.05, 3.63) is 53.8 Å². The molecule has 1 aliphatic rings. The molecule has 0 amide bonds. The highest BCUT2D eigenvalue weighted by molar-refractivity contribution is 7.92. The van der Waals surface area contributed by atoms with E-state index < -0.39 is 27.1 Å². The van der Waals surface area contributed by atoms with E-state index in [0.29, 0.717) is 40.9 Å². The van der Waals surface area contributed by atoms with Crippen LogP contribution in [0.4, 0.5) is 23.1 Å². The monoisotopic (exact) mass is 628 g/mol. The number of fused-ring (bicyclic) bond motifs is 1. The Labute approximate surface area is 254 Å². The van der Waals surface area contributed by atoms with Crippen molar-refractivity contribution in [2.24, 2.45) is 0 Å². The zero-order chi connectivity index (χ0) is 31.1. The Morgan fingerprint density at radius 3 is 2.58 bits per heavy atom. The van der Waals surface area contributed by atoms with Crippen LogP contribution in [-0.2, 0) is 14.6 Å². The minimum absolute atomic E-state index is 0.00525. The summed E-state index contributed by atoms with van der Waals surface area (Å²) in [5.74, 6) is -0.121. The van der Waals surface area contributed by atoms with Crippen LogP contribution in [0.2, 0.25) is 5.02 Å². The first-order chi connectivity index (χ1) is 20.3. The van der Waals surface area contributed by atoms with Gasteiger partial charge in [0.25, 0.3) is 0 Å². The lowest BCUT2D eigenvalue weighted by molar-refractivity contribution is -0.139. The van der Waals surface area contributed by atoms with Gasteiger partial charge in [-0.25, -0.2) is 13.4 Å². The summed E-state index contributed by atoms with van der Waals surface area (Å²) in [5.41, 5.74) is 0.795. The predicted molar refractivity (Wildman–Crippen MR) is 165 cm³/mol. The molecule has 228 valence electrons. The van der Waals surface area contributed by atoms with Gasteiger partial charge in [0.15, 0.2) is 21.5 Å². The number of anilines is 4. The number of aliphatic carboxylic acids is 1. The Hall–Kier alpha value is -4.07. The maximum absolute atomic E-state index is 12.9. The molecule has 4 aromatic rings. The number of carbonyl (C=O) groups is 1. The lowest BCUT2D eigenvalue weighted by Gasteiger charge is -2.17. The van der Waals surface area contributed by atoms with Crippen LogP contribution in [0.3, 0.4) is 0 Å². The molecule has 2 aromatic heterocycles. The van der Waals surface area contributed by atoms with E-state index in [4.69, 9.17) is 16.3 Å². The third-order valence-electron chi connectivity index (χ3n) is 7.14. The van der Waals surface area contributed by atoms with Crippen LogP contribution < -0.4 is 20.7 Å². The summed E-state index contributed by atoms with van der Waals surface area (Å²) in [7, 11) is -3.59. The third-order valence-corrected chi connectivity index (χ3v) is 9.62. The molecular weight excluding hydrogens is 596 g/mol. The van der Waals surface area contributed by atoms with Crippen LogP contribution in [0.15, 0.2) is 53.7 Å². The number of nitrogens with zero attached hydrogens (tertiary/aromatic N) is 3. The number of carboxylic acids is 1. The smallest absolute Gasteiger partial charge is 0.320 e. The van der Waals surface area contributed by atoms with Crippen LogP contribution in [0.5, 0.6) is 11.6 Å². The van der Waals surface area contributed by atoms with Crippen molar-refractivity contribution in [2.45, 2.75) is 62.4 Å². The Bertz CT molecular complexity index is 1790. The molecule has 5 N–H and O–H groups in total. The SMILES string of the molecule is CC(C)Oc1cc2cn([C@H]3CN[C@H](C(=O)O)C3)c(O)c2cc1Nc1ncc(Cl)c(Nc2ccccc2S(=O)(=O)C(C)C)n1. The van der Waals surface area contributed by atoms with Crippen molar-refractivity contribution >= 4 is 61.3 Å². The van der Waals surface area contributed by atoms with E-state index in [-0.39, 0.29) is 39.7 Å². The molecule has 3 heterocycles. The molecule has 0 aliphatic carbocycles. The van der Waals surface area contributed by atoms with E-state index in [0.717, 1.165) is 0 Å². The number of rotatable bonds is 10. The fraction of sp³-hybridized carbons (Fsp3) is 0.345. The Kier molecular flexibility index (Phi) is 8.41. The van der Waals surface area contributed by atoms with Gasteiger partial charge in [0.1, 0.15) is 16.8 Å². The third kappa shape index (κ3) is 6.19. The van der Waals surface area contributed by atoms with Crippen molar-refractivity contribution in [1.29, 1.82) is 0 Å². The van der Waals surface area contributed by atoms with Crippen molar-refractivity contribution in [3.8, 4) is 11.6 Å². The number of benzene rings is 2. The summed E-state index contributed by atoms with van der Waals surface area (Å²) in [6, 6.07) is 9.09. The van der Waals surface area contributed by atoms with Crippen LogP contribution in [0.25, 0.3) is 10.8 Å². The first-order valence-electron chi connectivity index (χ1n) is 13.7. The fourth-order valence-electron chi connectivity index (χ4n) is 4.93. The fourth-order valence-corrected chi connectivity index (χ4v) is 6.27. The van der Waals surface area contributed by atoms with Gasteiger partial charge >= 0.3 is 5.97 Å². The topological polar surface area (TPSA) is 168 Å². The van der Waals surface area contributed by atoms with Crippen LogP contribution >= 0.6 is 11.6 Å². The Morgan fingerprint density at radius 2 is 1.91 bits per heavy atom. The zero-order valence-corrected chi connectivity index (χ0v) is 25.6. The Morgan fingerprint density at radius 1 is 1.16 bits per heavy atom. The van der Waals surface area contributed by atoms with E-state index >= 15 is 0 Å². The standard InChI is InChI=1S/C29H33ClN6O6S/c1-15(2)42-24-9-17-14-36(18-10-23(28(38)39)31-12-18)27(37)19(17)11-22(24)34-29-32-13-20(30)26(35-29)33-21-7-5-6-8-25(21)43(40,41)16(3)4/h5-9,11,13-16,18,23,31,37H,10,12H2,1-4H3,(H,38,39)(H2,32,33,34,35)/t18-,23+/m1/s1. The predicted octanol–water partition coefficient (Wildman–Crippen LogP) is 5.23. The van der Waals surface area contributed by atoms with E-state index in [2.05, 4.69) is 25.9 Å². The van der Waals surface area contributed by atoms with E-state index in [1.165, 1.54) is 12.3 Å². The average Bonchev–Trinajstić information content (AvgIpc) is 3.56. The molecule has 12 nitrogen and oxygen atoms in total. The van der Waals surface area contributed by atoms with Gasteiger partial charge in [-0.15, -0.1) is 0 Å². The largest absolute Gasteiger partial charge is 0.494 e. The number of aromatic nitrogens is 3. The number of carboxylic acid groups (broad SMARTS) is 1. The molecular formula is C29H33ClN6O6S. The lowest BCUT2D eigenvalue weighted by atomic mass is 10.1. The highest BCUT2D eigenvalue weighted by Crippen LogP contribution is 2.40. The number of nitrogens with one attached hydrogen (secondary N) is 3. The van der Waals surface area contributed by atoms with Gasteiger partial charge in [0.2, 0.25) is 5.95 Å². The van der Waals surface area contributed by atoms with E-state index in [1.807, 2.05) is 13.8 Å². The first-order valence-corrected chi connectivity index (χ1v) is 15.7. The van der Waals surface area contributed by atoms with E-state index in [9.17, 15) is 23.4 Å². The normalized spacial score (nSPS) is 17.1. The number of halogens is 1. The highest BCUT2D eigenvalue weighted by atomic mass is 35.5.